The van der Waals surface area contributed by atoms with Crippen molar-refractivity contribution in [2.24, 2.45) is 9.98 Å². The fourth-order valence-corrected chi connectivity index (χ4v) is 0.697. The first-order chi connectivity index (χ1) is 4.10. The first-order valence-electron chi connectivity index (χ1n) is 2.07. The second-order valence-electron chi connectivity index (χ2n) is 1.36. The van der Waals surface area contributed by atoms with Crippen LogP contribution in [-0.4, -0.2) is 51.6 Å². The van der Waals surface area contributed by atoms with E-state index in [0.29, 0.717) is 0 Å². The summed E-state index contributed by atoms with van der Waals surface area (Å²) in [6.45, 7) is 0. The summed E-state index contributed by atoms with van der Waals surface area (Å²) < 4.78 is 0. The van der Waals surface area contributed by atoms with Crippen molar-refractivity contribution in [1.82, 2.24) is 5.32 Å². The molecule has 0 aromatic rings. The van der Waals surface area contributed by atoms with E-state index in [4.69, 9.17) is 28.3 Å². The molecule has 2 N–H and O–H groups in total. The molecule has 1 unspecified atom stereocenters. The smallest absolute Gasteiger partial charge is 0.338 e. The summed E-state index contributed by atoms with van der Waals surface area (Å²) in [5.41, 5.74) is 0. The average Bonchev–Trinajstić information content (AvgIpc) is 1.60. The number of hydrogen-bond acceptors (Lipinski definition) is 4. The predicted octanol–water partition coefficient (Wildman–Crippen LogP) is -0.326. The maximum Gasteiger partial charge on any atom is 0.341 e. The van der Waals surface area contributed by atoms with Gasteiger partial charge in [0.25, 0.3) is 0 Å². The molecule has 0 aromatic heterocycles. The fourth-order valence-electron chi connectivity index (χ4n) is 0.354. The Morgan fingerprint density at radius 1 is 1.70 bits per heavy atom. The minimum Gasteiger partial charge on any atom is -0.338 e. The molecule has 0 saturated carbocycles. The van der Waals surface area contributed by atoms with Crippen molar-refractivity contribution in [2.45, 2.75) is 5.31 Å². The van der Waals surface area contributed by atoms with Crippen LogP contribution in [0.25, 0.3) is 0 Å². The molecule has 0 aromatic carbocycles. The third-order valence-corrected chi connectivity index (χ3v) is 1.03. The number of nitrogens with one attached hydrogen (secondary N) is 1. The van der Waals surface area contributed by atoms with Crippen LogP contribution in [0.1, 0.15) is 0 Å². The van der Waals surface area contributed by atoms with E-state index >= 15 is 0 Å². The van der Waals surface area contributed by atoms with Gasteiger partial charge in [0.05, 0.1) is 6.34 Å². The van der Waals surface area contributed by atoms with E-state index in [0.717, 1.165) is 0 Å². The third-order valence-electron chi connectivity index (χ3n) is 0.653. The fraction of sp³-hybridized carbons (Fsp3) is 0.333. The van der Waals surface area contributed by atoms with Crippen LogP contribution in [0.4, 0.5) is 0 Å². The van der Waals surface area contributed by atoms with E-state index in [2.05, 4.69) is 15.3 Å². The minimum atomic E-state index is -1.91. The van der Waals surface area contributed by atoms with Gasteiger partial charge in [-0.05, 0) is 23.2 Å². The van der Waals surface area contributed by atoms with E-state index in [1.54, 1.807) is 0 Å². The number of aliphatic imine (C=N–C) groups is 2. The molecule has 4 nitrogen and oxygen atoms in total. The van der Waals surface area contributed by atoms with Crippen molar-refractivity contribution in [3.63, 3.8) is 0 Å². The second kappa shape index (κ2) is 3.90. The van der Waals surface area contributed by atoms with Gasteiger partial charge in [-0.3, -0.25) is 0 Å². The topological polar surface area (TPSA) is 57.0 Å². The van der Waals surface area contributed by atoms with Crippen molar-refractivity contribution in [2.75, 3.05) is 0 Å². The molecule has 1 aliphatic rings. The summed E-state index contributed by atoms with van der Waals surface area (Å²) in [5, 5.41) is 9.32. The summed E-state index contributed by atoms with van der Waals surface area (Å²) in [6, 6.07) is 0. The molecule has 1 radical (unpaired) electrons. The Hall–Kier alpha value is 0.680. The molecular formula is C3H3Cl2N3NaO. The Morgan fingerprint density at radius 2 is 2.30 bits per heavy atom. The number of aliphatic hydroxyl groups is 1. The molecule has 1 atom stereocenters. The largest absolute Gasteiger partial charge is 0.341 e. The van der Waals surface area contributed by atoms with Gasteiger partial charge in [-0.25, -0.2) is 4.99 Å². The number of rotatable bonds is 0. The predicted molar refractivity (Wildman–Crippen MR) is 41.5 cm³/mol. The molecule has 7 heteroatoms. The summed E-state index contributed by atoms with van der Waals surface area (Å²) in [6.07, 6.45) is 1.17. The number of halogens is 2. The Kier molecular flexibility index (Phi) is 4.16. The van der Waals surface area contributed by atoms with Gasteiger partial charge >= 0.3 is 5.31 Å². The van der Waals surface area contributed by atoms with Gasteiger partial charge in [-0.1, -0.05) is 0 Å². The Bertz CT molecular complexity index is 181. The Balaban J connectivity index is 0.000000810. The van der Waals surface area contributed by atoms with Crippen molar-refractivity contribution in [3.05, 3.63) is 0 Å². The van der Waals surface area contributed by atoms with Crippen LogP contribution in [0.15, 0.2) is 9.98 Å². The quantitative estimate of drug-likeness (QED) is 0.313. The number of nitrogens with zero attached hydrogens (tertiary/aromatic N) is 2. The van der Waals surface area contributed by atoms with Gasteiger partial charge < -0.3 is 10.4 Å². The monoisotopic (exact) mass is 190 g/mol. The molecule has 0 amide bonds. The van der Waals surface area contributed by atoms with E-state index in [1.807, 2.05) is 0 Å². The van der Waals surface area contributed by atoms with Gasteiger partial charge in [0.2, 0.25) is 5.29 Å². The average molecular weight is 191 g/mol. The summed E-state index contributed by atoms with van der Waals surface area (Å²) in [5.74, 6) is 0. The van der Waals surface area contributed by atoms with Gasteiger partial charge in [0, 0.05) is 29.6 Å². The van der Waals surface area contributed by atoms with Crippen LogP contribution in [-0.2, 0) is 0 Å². The van der Waals surface area contributed by atoms with E-state index in [9.17, 15) is 0 Å². The van der Waals surface area contributed by atoms with Crippen LogP contribution in [0.5, 0.6) is 0 Å². The normalized spacial score (nSPS) is 30.1. The second-order valence-corrected chi connectivity index (χ2v) is 2.22. The minimum absolute atomic E-state index is 0. The van der Waals surface area contributed by atoms with Crippen LogP contribution in [0, 0.1) is 0 Å². The van der Waals surface area contributed by atoms with Crippen molar-refractivity contribution < 1.29 is 5.11 Å². The van der Waals surface area contributed by atoms with Gasteiger partial charge in [0.15, 0.2) is 0 Å². The molecule has 1 heterocycles. The van der Waals surface area contributed by atoms with Crippen LogP contribution in [0.2, 0.25) is 0 Å². The molecule has 0 fully saturated rings. The molecule has 10 heavy (non-hydrogen) atoms. The van der Waals surface area contributed by atoms with Crippen LogP contribution < -0.4 is 5.32 Å². The maximum absolute atomic E-state index is 8.80. The molecule has 0 aliphatic carbocycles. The molecule has 0 saturated heterocycles. The van der Waals surface area contributed by atoms with Gasteiger partial charge in [-0.2, -0.15) is 4.99 Å². The third kappa shape index (κ3) is 3.18. The Labute approximate surface area is 89.6 Å². The first-order valence-corrected chi connectivity index (χ1v) is 2.83. The molecule has 1 rings (SSSR count). The van der Waals surface area contributed by atoms with Crippen molar-refractivity contribution in [1.29, 1.82) is 0 Å². The standard InChI is InChI=1S/C3H3Cl2N3O.Na/c4-2-6-1-7-3(5,9)8-2;/h1,9H,(H,6,7,8);. The zero-order chi connectivity index (χ0) is 6.91. The summed E-state index contributed by atoms with van der Waals surface area (Å²) >= 11 is 10.5. The number of amidine groups is 1. The molecule has 0 bridgehead atoms. The SMILES string of the molecule is OC1(Cl)N=CNC(Cl)=N1.[Na]. The molecule has 0 spiro atoms. The Morgan fingerprint density at radius 3 is 2.60 bits per heavy atom. The molecular weight excluding hydrogens is 188 g/mol. The first kappa shape index (κ1) is 10.7. The van der Waals surface area contributed by atoms with Crippen molar-refractivity contribution >= 4 is 64.4 Å². The van der Waals surface area contributed by atoms with E-state index in [-0.39, 0.29) is 34.9 Å². The van der Waals surface area contributed by atoms with E-state index < -0.39 is 5.31 Å². The van der Waals surface area contributed by atoms with Crippen LogP contribution in [0.3, 0.4) is 0 Å². The van der Waals surface area contributed by atoms with Crippen LogP contribution >= 0.6 is 23.2 Å². The summed E-state index contributed by atoms with van der Waals surface area (Å²) in [7, 11) is 0. The molecule has 51 valence electrons. The zero-order valence-corrected chi connectivity index (χ0v) is 8.69. The van der Waals surface area contributed by atoms with Gasteiger partial charge in [0.1, 0.15) is 0 Å². The maximum atomic E-state index is 8.80. The number of alkyl halides is 1. The molecule has 1 aliphatic heterocycles. The van der Waals surface area contributed by atoms with Gasteiger partial charge in [-0.15, -0.1) is 0 Å². The zero-order valence-electron chi connectivity index (χ0n) is 5.17. The van der Waals surface area contributed by atoms with E-state index in [1.165, 1.54) is 6.34 Å². The van der Waals surface area contributed by atoms with Crippen molar-refractivity contribution in [3.8, 4) is 0 Å². The number of hydrogen-bond donors (Lipinski definition) is 2. The summed E-state index contributed by atoms with van der Waals surface area (Å²) in [4.78, 5) is 6.63.